The van der Waals surface area contributed by atoms with Crippen LogP contribution in [0.4, 0.5) is 5.95 Å². The minimum Gasteiger partial charge on any atom is -0.461 e. The van der Waals surface area contributed by atoms with Crippen molar-refractivity contribution in [2.24, 2.45) is 0 Å². The molecule has 0 aliphatic carbocycles. The second-order valence-electron chi connectivity index (χ2n) is 5.02. The molecule has 18 heavy (non-hydrogen) atoms. The maximum atomic E-state index is 9.93. The Balaban J connectivity index is 2.20. The van der Waals surface area contributed by atoms with Crippen molar-refractivity contribution in [3.63, 3.8) is 0 Å². The van der Waals surface area contributed by atoms with Crippen molar-refractivity contribution < 1.29 is 9.84 Å². The van der Waals surface area contributed by atoms with Crippen LogP contribution in [0, 0.1) is 0 Å². The van der Waals surface area contributed by atoms with Crippen LogP contribution in [0.5, 0.6) is 6.01 Å². The van der Waals surface area contributed by atoms with Gasteiger partial charge < -0.3 is 14.7 Å². The van der Waals surface area contributed by atoms with Gasteiger partial charge in [-0.3, -0.25) is 0 Å². The van der Waals surface area contributed by atoms with Crippen LogP contribution < -0.4 is 9.64 Å². The molecule has 0 bridgehead atoms. The SMILES string of the molecule is CC(C)Oc1nc(Cl)nc(N2CCC(C)(O)C2)n1. The van der Waals surface area contributed by atoms with Crippen LogP contribution in [0.25, 0.3) is 0 Å². The zero-order chi connectivity index (χ0) is 13.3. The maximum absolute atomic E-state index is 9.93. The second-order valence-corrected chi connectivity index (χ2v) is 5.36. The van der Waals surface area contributed by atoms with Gasteiger partial charge in [-0.1, -0.05) is 0 Å². The van der Waals surface area contributed by atoms with Gasteiger partial charge >= 0.3 is 6.01 Å². The molecule has 0 radical (unpaired) electrons. The average molecular weight is 273 g/mol. The number of hydrogen-bond acceptors (Lipinski definition) is 6. The lowest BCUT2D eigenvalue weighted by atomic mass is 10.1. The molecule has 7 heteroatoms. The zero-order valence-corrected chi connectivity index (χ0v) is 11.5. The third-order valence-corrected chi connectivity index (χ3v) is 2.82. The van der Waals surface area contributed by atoms with E-state index in [0.29, 0.717) is 25.5 Å². The third-order valence-electron chi connectivity index (χ3n) is 2.65. The lowest BCUT2D eigenvalue weighted by Gasteiger charge is -2.19. The Hall–Kier alpha value is -1.14. The van der Waals surface area contributed by atoms with Crippen LogP contribution in [0.2, 0.25) is 5.28 Å². The van der Waals surface area contributed by atoms with E-state index in [0.717, 1.165) is 0 Å². The van der Waals surface area contributed by atoms with E-state index < -0.39 is 5.60 Å². The van der Waals surface area contributed by atoms with E-state index in [9.17, 15) is 5.11 Å². The number of β-amino-alcohol motifs (C(OH)–C–C–N with tert-alkyl or cyclic N) is 1. The van der Waals surface area contributed by atoms with Gasteiger partial charge in [-0.25, -0.2) is 0 Å². The fourth-order valence-electron chi connectivity index (χ4n) is 1.84. The minimum absolute atomic E-state index is 0.0296. The molecule has 2 rings (SSSR count). The molecule has 100 valence electrons. The molecule has 1 N–H and O–H groups in total. The maximum Gasteiger partial charge on any atom is 0.322 e. The topological polar surface area (TPSA) is 71.4 Å². The molecule has 1 aromatic rings. The van der Waals surface area contributed by atoms with Gasteiger partial charge in [-0.2, -0.15) is 15.0 Å². The van der Waals surface area contributed by atoms with Crippen LogP contribution >= 0.6 is 11.6 Å². The van der Waals surface area contributed by atoms with Crippen molar-refractivity contribution in [1.29, 1.82) is 0 Å². The zero-order valence-electron chi connectivity index (χ0n) is 10.7. The summed E-state index contributed by atoms with van der Waals surface area (Å²) >= 11 is 5.85. The molecule has 0 amide bonds. The first-order chi connectivity index (χ1) is 8.35. The molecule has 1 aromatic heterocycles. The third kappa shape index (κ3) is 3.20. The minimum atomic E-state index is -0.710. The lowest BCUT2D eigenvalue weighted by Crippen LogP contribution is -2.30. The Morgan fingerprint density at radius 2 is 2.11 bits per heavy atom. The van der Waals surface area contributed by atoms with Gasteiger partial charge in [0.15, 0.2) is 0 Å². The summed E-state index contributed by atoms with van der Waals surface area (Å²) in [6, 6.07) is 0.214. The number of anilines is 1. The highest BCUT2D eigenvalue weighted by Gasteiger charge is 2.33. The second kappa shape index (κ2) is 4.85. The van der Waals surface area contributed by atoms with Crippen LogP contribution in [0.1, 0.15) is 27.2 Å². The highest BCUT2D eigenvalue weighted by Crippen LogP contribution is 2.25. The summed E-state index contributed by atoms with van der Waals surface area (Å²) in [7, 11) is 0. The highest BCUT2D eigenvalue weighted by molar-refractivity contribution is 6.28. The van der Waals surface area contributed by atoms with E-state index in [2.05, 4.69) is 15.0 Å². The summed E-state index contributed by atoms with van der Waals surface area (Å²) in [5.41, 5.74) is -0.710. The number of nitrogens with zero attached hydrogens (tertiary/aromatic N) is 4. The number of hydrogen-bond donors (Lipinski definition) is 1. The molecule has 1 unspecified atom stereocenters. The smallest absolute Gasteiger partial charge is 0.322 e. The number of aromatic nitrogens is 3. The first kappa shape index (κ1) is 13.3. The van der Waals surface area contributed by atoms with Gasteiger partial charge in [-0.05, 0) is 38.8 Å². The van der Waals surface area contributed by atoms with Crippen LogP contribution in [0.3, 0.4) is 0 Å². The molecule has 1 saturated heterocycles. The number of halogens is 1. The Labute approximate surface area is 111 Å². The van der Waals surface area contributed by atoms with Crippen LogP contribution in [0.15, 0.2) is 0 Å². The number of aliphatic hydroxyl groups is 1. The van der Waals surface area contributed by atoms with Crippen molar-refractivity contribution in [2.45, 2.75) is 38.9 Å². The quantitative estimate of drug-likeness (QED) is 0.894. The van der Waals surface area contributed by atoms with E-state index in [1.165, 1.54) is 0 Å². The normalized spacial score (nSPS) is 23.8. The summed E-state index contributed by atoms with van der Waals surface area (Å²) in [5, 5.41) is 10.0. The van der Waals surface area contributed by atoms with E-state index in [1.807, 2.05) is 18.7 Å². The summed E-state index contributed by atoms with van der Waals surface area (Å²) in [4.78, 5) is 14.1. The van der Waals surface area contributed by atoms with Gasteiger partial charge in [-0.15, -0.1) is 0 Å². The van der Waals surface area contributed by atoms with E-state index in [4.69, 9.17) is 16.3 Å². The lowest BCUT2D eigenvalue weighted by molar-refractivity contribution is 0.0838. The predicted molar refractivity (Wildman–Crippen MR) is 68.1 cm³/mol. The van der Waals surface area contributed by atoms with E-state index in [-0.39, 0.29) is 17.4 Å². The molecule has 1 fully saturated rings. The molecule has 1 aliphatic heterocycles. The van der Waals surface area contributed by atoms with Crippen molar-refractivity contribution >= 4 is 17.5 Å². The summed E-state index contributed by atoms with van der Waals surface area (Å²) in [5.74, 6) is 0.448. The van der Waals surface area contributed by atoms with Gasteiger partial charge in [0, 0.05) is 13.1 Å². The monoisotopic (exact) mass is 272 g/mol. The fraction of sp³-hybridized carbons (Fsp3) is 0.727. The molecule has 0 aromatic carbocycles. The molecule has 1 aliphatic rings. The first-order valence-corrected chi connectivity index (χ1v) is 6.29. The van der Waals surface area contributed by atoms with Crippen molar-refractivity contribution in [3.05, 3.63) is 5.28 Å². The van der Waals surface area contributed by atoms with E-state index >= 15 is 0 Å². The van der Waals surface area contributed by atoms with E-state index in [1.54, 1.807) is 6.92 Å². The van der Waals surface area contributed by atoms with Gasteiger partial charge in [0.05, 0.1) is 11.7 Å². The fourth-order valence-corrected chi connectivity index (χ4v) is 1.99. The van der Waals surface area contributed by atoms with Crippen LogP contribution in [-0.2, 0) is 0 Å². The Bertz CT molecular complexity index is 439. The summed E-state index contributed by atoms with van der Waals surface area (Å²) in [6.45, 7) is 6.74. The summed E-state index contributed by atoms with van der Waals surface area (Å²) < 4.78 is 5.41. The summed E-state index contributed by atoms with van der Waals surface area (Å²) in [6.07, 6.45) is 0.648. The van der Waals surface area contributed by atoms with Crippen molar-refractivity contribution in [3.8, 4) is 6.01 Å². The molecule has 0 spiro atoms. The van der Waals surface area contributed by atoms with Gasteiger partial charge in [0.25, 0.3) is 0 Å². The predicted octanol–water partition coefficient (Wildman–Crippen LogP) is 1.27. The Morgan fingerprint density at radius 3 is 2.67 bits per heavy atom. The van der Waals surface area contributed by atoms with Crippen LogP contribution in [-0.4, -0.2) is 44.9 Å². The Morgan fingerprint density at radius 1 is 1.39 bits per heavy atom. The molecule has 6 nitrogen and oxygen atoms in total. The molecule has 0 saturated carbocycles. The molecule has 1 atom stereocenters. The highest BCUT2D eigenvalue weighted by atomic mass is 35.5. The number of rotatable bonds is 3. The largest absolute Gasteiger partial charge is 0.461 e. The van der Waals surface area contributed by atoms with Gasteiger partial charge in [0.2, 0.25) is 11.2 Å². The molecule has 2 heterocycles. The van der Waals surface area contributed by atoms with Crippen molar-refractivity contribution in [2.75, 3.05) is 18.0 Å². The van der Waals surface area contributed by atoms with Gasteiger partial charge in [0.1, 0.15) is 0 Å². The Kier molecular flexibility index (Phi) is 3.59. The average Bonchev–Trinajstić information content (AvgIpc) is 2.57. The first-order valence-electron chi connectivity index (χ1n) is 5.91. The standard InChI is InChI=1S/C11H17ClN4O2/c1-7(2)18-10-14-8(12)13-9(15-10)16-5-4-11(3,17)6-16/h7,17H,4-6H2,1-3H3. The van der Waals surface area contributed by atoms with Crippen molar-refractivity contribution in [1.82, 2.24) is 15.0 Å². The molecular weight excluding hydrogens is 256 g/mol. The molecular formula is C11H17ClN4O2. The number of ether oxygens (including phenoxy) is 1.